The lowest BCUT2D eigenvalue weighted by atomic mass is 9.90. The second-order valence-corrected chi connectivity index (χ2v) is 7.85. The van der Waals surface area contributed by atoms with Crippen molar-refractivity contribution >= 4 is 17.4 Å². The molecule has 1 N–H and O–H groups in total. The fraction of sp³-hybridized carbons (Fsp3) is 0.333. The molecule has 0 aliphatic carbocycles. The number of urea groups is 1. The summed E-state index contributed by atoms with van der Waals surface area (Å²) in [7, 11) is 0. The smallest absolute Gasteiger partial charge is 0.317 e. The first-order valence-corrected chi connectivity index (χ1v) is 10.2. The van der Waals surface area contributed by atoms with Gasteiger partial charge in [-0.25, -0.2) is 9.78 Å². The summed E-state index contributed by atoms with van der Waals surface area (Å²) in [4.78, 5) is 19.8. The minimum absolute atomic E-state index is 0.0196. The zero-order valence-corrected chi connectivity index (χ0v) is 16.0. The number of nitrogens with one attached hydrogen (secondary N) is 1. The number of carbonyl (C=O) groups is 1. The molecule has 0 bridgehead atoms. The Morgan fingerprint density at radius 2 is 2.00 bits per heavy atom. The lowest BCUT2D eigenvalue weighted by Crippen LogP contribution is -2.44. The molecule has 2 amide bonds. The number of nitrogens with zero attached hydrogens (tertiary/aromatic N) is 2. The Hall–Kier alpha value is -2.60. The Morgan fingerprint density at radius 3 is 2.74 bits per heavy atom. The lowest BCUT2D eigenvalue weighted by molar-refractivity contribution is 0.170. The number of thiophene rings is 1. The van der Waals surface area contributed by atoms with Crippen LogP contribution in [0.25, 0.3) is 10.8 Å². The van der Waals surface area contributed by atoms with Crippen LogP contribution < -0.4 is 5.32 Å². The van der Waals surface area contributed by atoms with Gasteiger partial charge in [-0.3, -0.25) is 0 Å². The summed E-state index contributed by atoms with van der Waals surface area (Å²) in [6.45, 7) is 2.00. The van der Waals surface area contributed by atoms with Crippen molar-refractivity contribution in [3.8, 4) is 10.8 Å². The highest BCUT2D eigenvalue weighted by Gasteiger charge is 2.23. The summed E-state index contributed by atoms with van der Waals surface area (Å²) in [6.07, 6.45) is 4.81. The van der Waals surface area contributed by atoms with Crippen molar-refractivity contribution < 1.29 is 9.21 Å². The van der Waals surface area contributed by atoms with Gasteiger partial charge >= 0.3 is 6.03 Å². The van der Waals surface area contributed by atoms with Gasteiger partial charge in [0.25, 0.3) is 0 Å². The van der Waals surface area contributed by atoms with Crippen LogP contribution in [0, 0.1) is 5.92 Å². The molecule has 0 saturated carbocycles. The summed E-state index contributed by atoms with van der Waals surface area (Å²) in [5, 5.41) is 4.95. The predicted molar refractivity (Wildman–Crippen MR) is 106 cm³/mol. The van der Waals surface area contributed by atoms with Gasteiger partial charge in [-0.15, -0.1) is 11.3 Å². The summed E-state index contributed by atoms with van der Waals surface area (Å²) in [5.41, 5.74) is 2.12. The summed E-state index contributed by atoms with van der Waals surface area (Å²) < 4.78 is 5.49. The highest BCUT2D eigenvalue weighted by Crippen LogP contribution is 2.24. The molecule has 3 aromatic rings. The van der Waals surface area contributed by atoms with E-state index in [0.29, 0.717) is 18.4 Å². The molecule has 1 saturated heterocycles. The van der Waals surface area contributed by atoms with Crippen molar-refractivity contribution in [2.24, 2.45) is 5.92 Å². The zero-order valence-electron chi connectivity index (χ0n) is 15.1. The molecule has 3 heterocycles. The van der Waals surface area contributed by atoms with E-state index in [2.05, 4.69) is 40.6 Å². The van der Waals surface area contributed by atoms with Gasteiger partial charge in [0.15, 0.2) is 0 Å². The first-order valence-electron chi connectivity index (χ1n) is 9.33. The van der Waals surface area contributed by atoms with Crippen molar-refractivity contribution in [3.05, 3.63) is 65.4 Å². The van der Waals surface area contributed by atoms with E-state index in [1.165, 1.54) is 5.56 Å². The second kappa shape index (κ2) is 8.39. The number of rotatable bonds is 5. The minimum atomic E-state index is -0.0196. The molecule has 4 rings (SSSR count). The van der Waals surface area contributed by atoms with Gasteiger partial charge in [-0.1, -0.05) is 36.4 Å². The van der Waals surface area contributed by atoms with Crippen molar-refractivity contribution in [2.75, 3.05) is 13.1 Å². The summed E-state index contributed by atoms with van der Waals surface area (Å²) in [6, 6.07) is 14.5. The fourth-order valence-electron chi connectivity index (χ4n) is 3.47. The molecular formula is C21H23N3O2S. The standard InChI is InChI=1S/C21H23N3O2S/c25-21(22-14-18-15-26-20(23-18)19-7-4-12-27-19)24-10-8-17(9-11-24)13-16-5-2-1-3-6-16/h1-7,12,15,17H,8-11,13-14H2,(H,22,25). The molecular weight excluding hydrogens is 358 g/mol. The lowest BCUT2D eigenvalue weighted by Gasteiger charge is -2.32. The number of aromatic nitrogens is 1. The van der Waals surface area contributed by atoms with Crippen LogP contribution in [0.2, 0.25) is 0 Å². The molecule has 1 aromatic carbocycles. The van der Waals surface area contributed by atoms with Crippen LogP contribution in [-0.4, -0.2) is 29.0 Å². The van der Waals surface area contributed by atoms with Gasteiger partial charge in [0.05, 0.1) is 17.1 Å². The van der Waals surface area contributed by atoms with E-state index in [0.717, 1.165) is 42.9 Å². The molecule has 27 heavy (non-hydrogen) atoms. The number of hydrogen-bond donors (Lipinski definition) is 1. The van der Waals surface area contributed by atoms with Crippen molar-refractivity contribution in [2.45, 2.75) is 25.8 Å². The van der Waals surface area contributed by atoms with Gasteiger partial charge < -0.3 is 14.6 Å². The molecule has 6 heteroatoms. The van der Waals surface area contributed by atoms with Crippen LogP contribution in [-0.2, 0) is 13.0 Å². The number of oxazole rings is 1. The molecule has 140 valence electrons. The highest BCUT2D eigenvalue weighted by molar-refractivity contribution is 7.13. The number of amides is 2. The third-order valence-electron chi connectivity index (χ3n) is 4.97. The molecule has 2 aromatic heterocycles. The predicted octanol–water partition coefficient (Wildman–Crippen LogP) is 4.57. The minimum Gasteiger partial charge on any atom is -0.443 e. The molecule has 0 unspecified atom stereocenters. The zero-order chi connectivity index (χ0) is 18.5. The van der Waals surface area contributed by atoms with E-state index >= 15 is 0 Å². The summed E-state index contributed by atoms with van der Waals surface area (Å²) >= 11 is 1.59. The number of piperidine rings is 1. The number of benzene rings is 1. The van der Waals surface area contributed by atoms with Crippen LogP contribution in [0.5, 0.6) is 0 Å². The molecule has 0 atom stereocenters. The van der Waals surface area contributed by atoms with E-state index in [9.17, 15) is 4.79 Å². The highest BCUT2D eigenvalue weighted by atomic mass is 32.1. The van der Waals surface area contributed by atoms with Crippen molar-refractivity contribution in [1.82, 2.24) is 15.2 Å². The quantitative estimate of drug-likeness (QED) is 0.704. The average Bonchev–Trinajstić information content (AvgIpc) is 3.39. The summed E-state index contributed by atoms with van der Waals surface area (Å²) in [5.74, 6) is 1.26. The van der Waals surface area contributed by atoms with Gasteiger partial charge in [-0.05, 0) is 42.2 Å². The van der Waals surface area contributed by atoms with E-state index in [4.69, 9.17) is 4.42 Å². The Bertz CT molecular complexity index is 853. The Morgan fingerprint density at radius 1 is 1.19 bits per heavy atom. The largest absolute Gasteiger partial charge is 0.443 e. The van der Waals surface area contributed by atoms with Crippen molar-refractivity contribution in [3.63, 3.8) is 0 Å². The topological polar surface area (TPSA) is 58.4 Å². The van der Waals surface area contributed by atoms with Crippen molar-refractivity contribution in [1.29, 1.82) is 0 Å². The van der Waals surface area contributed by atoms with E-state index in [1.54, 1.807) is 17.6 Å². The van der Waals surface area contributed by atoms with Crippen LogP contribution in [0.3, 0.4) is 0 Å². The van der Waals surface area contributed by atoms with Crippen LogP contribution in [0.1, 0.15) is 24.1 Å². The normalized spacial score (nSPS) is 15.0. The Kier molecular flexibility index (Phi) is 5.53. The van der Waals surface area contributed by atoms with Gasteiger partial charge in [0, 0.05) is 13.1 Å². The molecule has 1 aliphatic rings. The SMILES string of the molecule is O=C(NCc1coc(-c2cccs2)n1)N1CCC(Cc2ccccc2)CC1. The van der Waals surface area contributed by atoms with E-state index in [-0.39, 0.29) is 6.03 Å². The first-order chi connectivity index (χ1) is 13.3. The number of likely N-dealkylation sites (tertiary alicyclic amines) is 1. The average molecular weight is 382 g/mol. The van der Waals surface area contributed by atoms with Crippen LogP contribution >= 0.6 is 11.3 Å². The molecule has 5 nitrogen and oxygen atoms in total. The maximum atomic E-state index is 12.4. The molecule has 0 spiro atoms. The van der Waals surface area contributed by atoms with E-state index < -0.39 is 0 Å². The Labute approximate surface area is 163 Å². The monoisotopic (exact) mass is 381 g/mol. The number of carbonyl (C=O) groups excluding carboxylic acids is 1. The fourth-order valence-corrected chi connectivity index (χ4v) is 4.12. The van der Waals surface area contributed by atoms with Crippen LogP contribution in [0.4, 0.5) is 4.79 Å². The van der Waals surface area contributed by atoms with Crippen LogP contribution in [0.15, 0.2) is 58.5 Å². The van der Waals surface area contributed by atoms with E-state index in [1.807, 2.05) is 22.4 Å². The van der Waals surface area contributed by atoms with Gasteiger partial charge in [0.1, 0.15) is 6.26 Å². The number of hydrogen-bond acceptors (Lipinski definition) is 4. The molecule has 1 fully saturated rings. The third-order valence-corrected chi connectivity index (χ3v) is 5.83. The third kappa shape index (κ3) is 4.57. The van der Waals surface area contributed by atoms with Gasteiger partial charge in [-0.2, -0.15) is 0 Å². The Balaban J connectivity index is 1.23. The second-order valence-electron chi connectivity index (χ2n) is 6.90. The molecule has 0 radical (unpaired) electrons. The maximum Gasteiger partial charge on any atom is 0.317 e. The molecule has 1 aliphatic heterocycles. The van der Waals surface area contributed by atoms with Gasteiger partial charge in [0.2, 0.25) is 5.89 Å². The maximum absolute atomic E-state index is 12.4. The first kappa shape index (κ1) is 17.8.